The zero-order valence-electron chi connectivity index (χ0n) is 11.0. The fourth-order valence-electron chi connectivity index (χ4n) is 3.29. The number of carboxylic acids is 1. The van der Waals surface area contributed by atoms with Crippen LogP contribution in [-0.4, -0.2) is 35.1 Å². The average molecular weight is 257 g/mol. The Balaban J connectivity index is 1.88. The first-order chi connectivity index (χ1) is 9.24. The van der Waals surface area contributed by atoms with E-state index >= 15 is 0 Å². The van der Waals surface area contributed by atoms with E-state index in [9.17, 15) is 9.90 Å². The molecule has 1 aromatic rings. The molecule has 0 spiro atoms. The van der Waals surface area contributed by atoms with Crippen molar-refractivity contribution in [3.8, 4) is 0 Å². The zero-order valence-corrected chi connectivity index (χ0v) is 11.0. The summed E-state index contributed by atoms with van der Waals surface area (Å²) in [5.41, 5.74) is 1.25. The Hall–Kier alpha value is -1.61. The van der Waals surface area contributed by atoms with Crippen molar-refractivity contribution in [1.29, 1.82) is 0 Å². The maximum atomic E-state index is 11.5. The fraction of sp³-hybridized carbons (Fsp3) is 0.438. The number of benzene rings is 1. The highest BCUT2D eigenvalue weighted by atomic mass is 16.4. The van der Waals surface area contributed by atoms with Gasteiger partial charge in [0.1, 0.15) is 0 Å². The molecule has 3 aliphatic heterocycles. The van der Waals surface area contributed by atoms with Crippen molar-refractivity contribution in [1.82, 2.24) is 4.90 Å². The Morgan fingerprint density at radius 3 is 2.42 bits per heavy atom. The third-order valence-electron chi connectivity index (χ3n) is 4.37. The first-order valence-corrected chi connectivity index (χ1v) is 6.98. The van der Waals surface area contributed by atoms with Crippen molar-refractivity contribution in [2.24, 2.45) is 5.92 Å². The molecule has 2 bridgehead atoms. The summed E-state index contributed by atoms with van der Waals surface area (Å²) in [6, 6.07) is 9.74. The van der Waals surface area contributed by atoms with E-state index in [0.29, 0.717) is 11.6 Å². The van der Waals surface area contributed by atoms with Gasteiger partial charge >= 0.3 is 5.97 Å². The van der Waals surface area contributed by atoms with Gasteiger partial charge in [0.2, 0.25) is 0 Å². The zero-order chi connectivity index (χ0) is 13.2. The van der Waals surface area contributed by atoms with Gasteiger partial charge in [-0.2, -0.15) is 0 Å². The van der Waals surface area contributed by atoms with Crippen LogP contribution in [0.25, 0.3) is 5.57 Å². The summed E-state index contributed by atoms with van der Waals surface area (Å²) < 4.78 is 0. The van der Waals surface area contributed by atoms with Crippen LogP contribution in [0.15, 0.2) is 36.4 Å². The number of carboxylic acid groups (broad SMARTS) is 1. The predicted molar refractivity (Wildman–Crippen MR) is 74.8 cm³/mol. The Kier molecular flexibility index (Phi) is 3.38. The maximum absolute atomic E-state index is 11.5. The number of carbonyl (C=O) groups is 1. The van der Waals surface area contributed by atoms with Crippen LogP contribution in [0.4, 0.5) is 0 Å². The first kappa shape index (κ1) is 12.4. The fourth-order valence-corrected chi connectivity index (χ4v) is 3.29. The van der Waals surface area contributed by atoms with Gasteiger partial charge in [-0.05, 0) is 43.8 Å². The molecule has 19 heavy (non-hydrogen) atoms. The maximum Gasteiger partial charge on any atom is 0.336 e. The van der Waals surface area contributed by atoms with Crippen LogP contribution in [0, 0.1) is 5.92 Å². The number of rotatable bonds is 3. The third-order valence-corrected chi connectivity index (χ3v) is 4.37. The molecule has 3 nitrogen and oxygen atoms in total. The molecule has 0 aromatic heterocycles. The molecule has 100 valence electrons. The van der Waals surface area contributed by atoms with Crippen molar-refractivity contribution in [3.63, 3.8) is 0 Å². The van der Waals surface area contributed by atoms with E-state index in [0.717, 1.165) is 31.0 Å². The third kappa shape index (κ3) is 2.56. The Morgan fingerprint density at radius 2 is 1.89 bits per heavy atom. The lowest BCUT2D eigenvalue weighted by Gasteiger charge is -2.44. The Morgan fingerprint density at radius 1 is 1.21 bits per heavy atom. The summed E-state index contributed by atoms with van der Waals surface area (Å²) in [5, 5.41) is 9.44. The largest absolute Gasteiger partial charge is 0.478 e. The van der Waals surface area contributed by atoms with Gasteiger partial charge in [0.25, 0.3) is 0 Å². The van der Waals surface area contributed by atoms with Crippen LogP contribution in [0.5, 0.6) is 0 Å². The van der Waals surface area contributed by atoms with E-state index in [1.807, 2.05) is 36.4 Å². The number of nitrogens with zero attached hydrogens (tertiary/aromatic N) is 1. The van der Waals surface area contributed by atoms with E-state index in [4.69, 9.17) is 0 Å². The van der Waals surface area contributed by atoms with Gasteiger partial charge in [0, 0.05) is 6.04 Å². The predicted octanol–water partition coefficient (Wildman–Crippen LogP) is 2.64. The van der Waals surface area contributed by atoms with Gasteiger partial charge in [-0.1, -0.05) is 36.4 Å². The normalized spacial score (nSPS) is 30.3. The van der Waals surface area contributed by atoms with Crippen molar-refractivity contribution < 1.29 is 9.90 Å². The second-order valence-electron chi connectivity index (χ2n) is 5.53. The van der Waals surface area contributed by atoms with Crippen LogP contribution < -0.4 is 0 Å². The molecule has 1 aromatic carbocycles. The standard InChI is InChI=1S/C16H19NO2/c18-16(19)15(13-4-2-1-3-5-13)11-14-10-12-6-8-17(14)9-7-12/h1-5,11-12,14H,6-10H2,(H,18,19)/b15-11+/t14-/m1/s1. The van der Waals surface area contributed by atoms with Gasteiger partial charge in [0.15, 0.2) is 0 Å². The van der Waals surface area contributed by atoms with Gasteiger partial charge in [-0.3, -0.25) is 4.90 Å². The minimum Gasteiger partial charge on any atom is -0.478 e. The minimum absolute atomic E-state index is 0.304. The van der Waals surface area contributed by atoms with Gasteiger partial charge in [0.05, 0.1) is 5.57 Å². The SMILES string of the molecule is O=C(O)/C(=C/[C@H]1CC2CCN1CC2)c1ccccc1. The minimum atomic E-state index is -0.825. The summed E-state index contributed by atoms with van der Waals surface area (Å²) in [6.07, 6.45) is 5.63. The van der Waals surface area contributed by atoms with Crippen LogP contribution >= 0.6 is 0 Å². The molecular formula is C16H19NO2. The molecule has 0 amide bonds. The molecule has 0 aliphatic carbocycles. The number of fused-ring (bicyclic) bond motifs is 3. The topological polar surface area (TPSA) is 40.5 Å². The molecule has 3 fully saturated rings. The lowest BCUT2D eigenvalue weighted by molar-refractivity contribution is -0.130. The lowest BCUT2D eigenvalue weighted by atomic mass is 9.82. The summed E-state index contributed by atoms with van der Waals surface area (Å²) >= 11 is 0. The number of aliphatic carboxylic acids is 1. The van der Waals surface area contributed by atoms with E-state index in [1.54, 1.807) is 0 Å². The van der Waals surface area contributed by atoms with Crippen LogP contribution in [0.2, 0.25) is 0 Å². The van der Waals surface area contributed by atoms with E-state index in [2.05, 4.69) is 4.90 Å². The van der Waals surface area contributed by atoms with Crippen LogP contribution in [0.1, 0.15) is 24.8 Å². The van der Waals surface area contributed by atoms with Crippen LogP contribution in [-0.2, 0) is 4.79 Å². The number of hydrogen-bond donors (Lipinski definition) is 1. The van der Waals surface area contributed by atoms with Gasteiger partial charge in [-0.15, -0.1) is 0 Å². The highest BCUT2D eigenvalue weighted by molar-refractivity contribution is 6.15. The Labute approximate surface area is 113 Å². The molecule has 3 heterocycles. The molecule has 3 aliphatic rings. The quantitative estimate of drug-likeness (QED) is 0.846. The Bertz CT molecular complexity index is 487. The smallest absolute Gasteiger partial charge is 0.336 e. The highest BCUT2D eigenvalue weighted by Gasteiger charge is 2.32. The molecule has 0 saturated carbocycles. The second-order valence-corrected chi connectivity index (χ2v) is 5.53. The monoisotopic (exact) mass is 257 g/mol. The molecule has 0 radical (unpaired) electrons. The molecule has 0 unspecified atom stereocenters. The summed E-state index contributed by atoms with van der Waals surface area (Å²) in [6.45, 7) is 2.24. The summed E-state index contributed by atoms with van der Waals surface area (Å²) in [7, 11) is 0. The molecule has 3 saturated heterocycles. The molecule has 3 heteroatoms. The van der Waals surface area contributed by atoms with Gasteiger partial charge < -0.3 is 5.11 Å². The van der Waals surface area contributed by atoms with E-state index < -0.39 is 5.97 Å². The van der Waals surface area contributed by atoms with Crippen molar-refractivity contribution in [2.75, 3.05) is 13.1 Å². The number of piperidine rings is 3. The number of hydrogen-bond acceptors (Lipinski definition) is 2. The second kappa shape index (κ2) is 5.17. The van der Waals surface area contributed by atoms with Crippen molar-refractivity contribution >= 4 is 11.5 Å². The molecule has 4 rings (SSSR count). The van der Waals surface area contributed by atoms with Gasteiger partial charge in [-0.25, -0.2) is 4.79 Å². The molecule has 1 N–H and O–H groups in total. The van der Waals surface area contributed by atoms with E-state index in [-0.39, 0.29) is 0 Å². The van der Waals surface area contributed by atoms with E-state index in [1.165, 1.54) is 12.8 Å². The highest BCUT2D eigenvalue weighted by Crippen LogP contribution is 2.33. The molecular weight excluding hydrogens is 238 g/mol. The van der Waals surface area contributed by atoms with Crippen molar-refractivity contribution in [3.05, 3.63) is 42.0 Å². The first-order valence-electron chi connectivity index (χ1n) is 6.98. The van der Waals surface area contributed by atoms with Crippen LogP contribution in [0.3, 0.4) is 0 Å². The molecule has 1 atom stereocenters. The summed E-state index contributed by atoms with van der Waals surface area (Å²) in [5.74, 6) is -0.0362. The average Bonchev–Trinajstić information content (AvgIpc) is 2.46. The van der Waals surface area contributed by atoms with Crippen molar-refractivity contribution in [2.45, 2.75) is 25.3 Å². The lowest BCUT2D eigenvalue weighted by Crippen LogP contribution is -2.47. The summed E-state index contributed by atoms with van der Waals surface area (Å²) in [4.78, 5) is 13.9.